The standard InChI is InChI=1S/C25H20O.C6H10O3/c26-25-23(15-8-16-24(25)21-12-5-2-6-13-21)18-19-9-7-14-22(17-19)20-10-3-1-4-11-20;1(5-3-8-5)7-2-6-4-9-6/h1-17,26H,18H2;5-6H,1-4H2. The highest BCUT2D eigenvalue weighted by Gasteiger charge is 2.26. The Kier molecular flexibility index (Phi) is 7.54. The number of phenols is 1. The van der Waals surface area contributed by atoms with Gasteiger partial charge in [-0.1, -0.05) is 103 Å². The average Bonchev–Trinajstić information content (AvgIpc) is 3.84. The van der Waals surface area contributed by atoms with Crippen LogP contribution in [0.2, 0.25) is 0 Å². The van der Waals surface area contributed by atoms with Gasteiger partial charge in [-0.3, -0.25) is 0 Å². The maximum atomic E-state index is 10.8. The topological polar surface area (TPSA) is 54.5 Å². The van der Waals surface area contributed by atoms with E-state index in [-0.39, 0.29) is 0 Å². The molecule has 2 saturated heterocycles. The molecule has 2 unspecified atom stereocenters. The van der Waals surface area contributed by atoms with Crippen LogP contribution < -0.4 is 0 Å². The molecule has 0 aromatic heterocycles. The van der Waals surface area contributed by atoms with Gasteiger partial charge in [0.2, 0.25) is 0 Å². The Morgan fingerprint density at radius 3 is 1.86 bits per heavy atom. The van der Waals surface area contributed by atoms with Crippen molar-refractivity contribution < 1.29 is 19.3 Å². The molecule has 2 atom stereocenters. The molecule has 0 bridgehead atoms. The molecular formula is C31H30O4. The van der Waals surface area contributed by atoms with Gasteiger partial charge in [0.1, 0.15) is 18.0 Å². The molecule has 4 heteroatoms. The molecule has 0 radical (unpaired) electrons. The Hall–Kier alpha value is -3.44. The summed E-state index contributed by atoms with van der Waals surface area (Å²) in [6, 6.07) is 34.9. The number of aromatic hydroxyl groups is 1. The van der Waals surface area contributed by atoms with Crippen molar-refractivity contribution in [2.75, 3.05) is 26.4 Å². The van der Waals surface area contributed by atoms with E-state index in [4.69, 9.17) is 14.2 Å². The number of rotatable bonds is 8. The molecule has 6 rings (SSSR count). The van der Waals surface area contributed by atoms with Gasteiger partial charge in [-0.2, -0.15) is 0 Å². The van der Waals surface area contributed by atoms with E-state index < -0.39 is 0 Å². The van der Waals surface area contributed by atoms with Crippen molar-refractivity contribution in [1.82, 2.24) is 0 Å². The first-order valence-corrected chi connectivity index (χ1v) is 12.1. The van der Waals surface area contributed by atoms with Gasteiger partial charge in [-0.25, -0.2) is 0 Å². The molecule has 1 N–H and O–H groups in total. The largest absolute Gasteiger partial charge is 0.507 e. The summed E-state index contributed by atoms with van der Waals surface area (Å²) in [5.74, 6) is 0.365. The molecule has 4 aromatic rings. The van der Waals surface area contributed by atoms with Crippen LogP contribution in [0.4, 0.5) is 0 Å². The van der Waals surface area contributed by atoms with Gasteiger partial charge >= 0.3 is 0 Å². The number of para-hydroxylation sites is 1. The lowest BCUT2D eigenvalue weighted by molar-refractivity contribution is 0.102. The fourth-order valence-electron chi connectivity index (χ4n) is 3.96. The molecule has 4 aromatic carbocycles. The SMILES string of the molecule is C(OCC1CO1)C1CO1.Oc1c(Cc2cccc(-c3ccccc3)c2)cccc1-c1ccccc1. The number of hydrogen-bond donors (Lipinski definition) is 1. The summed E-state index contributed by atoms with van der Waals surface area (Å²) in [6.07, 6.45) is 1.49. The average molecular weight is 467 g/mol. The van der Waals surface area contributed by atoms with E-state index in [9.17, 15) is 5.11 Å². The maximum Gasteiger partial charge on any atom is 0.126 e. The molecule has 2 heterocycles. The molecule has 0 amide bonds. The van der Waals surface area contributed by atoms with E-state index in [0.717, 1.165) is 43.1 Å². The number of phenolic OH excluding ortho intramolecular Hbond substituents is 1. The van der Waals surface area contributed by atoms with E-state index in [2.05, 4.69) is 48.5 Å². The number of hydrogen-bond acceptors (Lipinski definition) is 4. The monoisotopic (exact) mass is 466 g/mol. The zero-order valence-corrected chi connectivity index (χ0v) is 19.7. The highest BCUT2D eigenvalue weighted by atomic mass is 16.6. The van der Waals surface area contributed by atoms with Crippen LogP contribution in [0.3, 0.4) is 0 Å². The zero-order chi connectivity index (χ0) is 23.9. The molecule has 35 heavy (non-hydrogen) atoms. The second-order valence-electron chi connectivity index (χ2n) is 8.87. The fourth-order valence-corrected chi connectivity index (χ4v) is 3.96. The van der Waals surface area contributed by atoms with Crippen LogP contribution in [0.25, 0.3) is 22.3 Å². The minimum absolute atomic E-state index is 0.365. The Balaban J connectivity index is 0.000000234. The van der Waals surface area contributed by atoms with Crippen LogP contribution in [-0.2, 0) is 20.6 Å². The molecule has 2 fully saturated rings. The number of ether oxygens (including phenoxy) is 3. The molecule has 2 aliphatic heterocycles. The van der Waals surface area contributed by atoms with Crippen molar-refractivity contribution >= 4 is 0 Å². The van der Waals surface area contributed by atoms with Crippen molar-refractivity contribution in [2.45, 2.75) is 18.6 Å². The minimum atomic E-state index is 0.365. The smallest absolute Gasteiger partial charge is 0.126 e. The molecule has 178 valence electrons. The first-order chi connectivity index (χ1) is 17.3. The van der Waals surface area contributed by atoms with Gasteiger partial charge in [-0.05, 0) is 27.8 Å². The van der Waals surface area contributed by atoms with Crippen LogP contribution in [0.15, 0.2) is 103 Å². The molecule has 4 nitrogen and oxygen atoms in total. The van der Waals surface area contributed by atoms with Gasteiger partial charge in [0.15, 0.2) is 0 Å². The lowest BCUT2D eigenvalue weighted by Gasteiger charge is -2.11. The minimum Gasteiger partial charge on any atom is -0.507 e. The zero-order valence-electron chi connectivity index (χ0n) is 19.7. The van der Waals surface area contributed by atoms with Crippen LogP contribution in [-0.4, -0.2) is 43.7 Å². The van der Waals surface area contributed by atoms with Crippen molar-refractivity contribution in [3.63, 3.8) is 0 Å². The van der Waals surface area contributed by atoms with Gasteiger partial charge in [0, 0.05) is 12.0 Å². The van der Waals surface area contributed by atoms with Crippen LogP contribution in [0, 0.1) is 0 Å². The molecule has 0 saturated carbocycles. The van der Waals surface area contributed by atoms with Crippen molar-refractivity contribution in [3.05, 3.63) is 114 Å². The van der Waals surface area contributed by atoms with Crippen LogP contribution in [0.5, 0.6) is 5.75 Å². The predicted octanol–water partition coefficient (Wildman–Crippen LogP) is 6.12. The Bertz CT molecular complexity index is 1200. The maximum absolute atomic E-state index is 10.8. The first kappa shape index (κ1) is 23.3. The summed E-state index contributed by atoms with van der Waals surface area (Å²) in [5.41, 5.74) is 6.44. The highest BCUT2D eigenvalue weighted by molar-refractivity contribution is 5.72. The first-order valence-electron chi connectivity index (χ1n) is 12.1. The third-order valence-electron chi connectivity index (χ3n) is 6.05. The molecule has 0 aliphatic carbocycles. The molecule has 0 spiro atoms. The third-order valence-corrected chi connectivity index (χ3v) is 6.05. The van der Waals surface area contributed by atoms with E-state index in [1.807, 2.05) is 54.6 Å². The second-order valence-corrected chi connectivity index (χ2v) is 8.87. The highest BCUT2D eigenvalue weighted by Crippen LogP contribution is 2.33. The summed E-state index contributed by atoms with van der Waals surface area (Å²) in [4.78, 5) is 0. The Labute approximate surface area is 206 Å². The second kappa shape index (κ2) is 11.3. The van der Waals surface area contributed by atoms with E-state index >= 15 is 0 Å². The predicted molar refractivity (Wildman–Crippen MR) is 139 cm³/mol. The van der Waals surface area contributed by atoms with Crippen molar-refractivity contribution in [1.29, 1.82) is 0 Å². The van der Waals surface area contributed by atoms with Crippen LogP contribution >= 0.6 is 0 Å². The van der Waals surface area contributed by atoms with Gasteiger partial charge < -0.3 is 19.3 Å². The number of benzene rings is 4. The lowest BCUT2D eigenvalue weighted by Crippen LogP contribution is -2.06. The van der Waals surface area contributed by atoms with Crippen LogP contribution in [0.1, 0.15) is 11.1 Å². The Morgan fingerprint density at radius 2 is 1.23 bits per heavy atom. The van der Waals surface area contributed by atoms with E-state index in [1.165, 1.54) is 16.7 Å². The lowest BCUT2D eigenvalue weighted by atomic mass is 9.96. The van der Waals surface area contributed by atoms with Gasteiger partial charge in [0.05, 0.1) is 26.4 Å². The summed E-state index contributed by atoms with van der Waals surface area (Å²) in [6.45, 7) is 3.26. The summed E-state index contributed by atoms with van der Waals surface area (Å²) >= 11 is 0. The van der Waals surface area contributed by atoms with Gasteiger partial charge in [0.25, 0.3) is 0 Å². The fraction of sp³-hybridized carbons (Fsp3) is 0.226. The molecular weight excluding hydrogens is 436 g/mol. The van der Waals surface area contributed by atoms with E-state index in [0.29, 0.717) is 24.4 Å². The third kappa shape index (κ3) is 6.80. The van der Waals surface area contributed by atoms with Crippen molar-refractivity contribution in [3.8, 4) is 28.0 Å². The van der Waals surface area contributed by atoms with Crippen molar-refractivity contribution in [2.24, 2.45) is 0 Å². The summed E-state index contributed by atoms with van der Waals surface area (Å²) in [7, 11) is 0. The molecule has 2 aliphatic rings. The normalized spacial score (nSPS) is 17.8. The van der Waals surface area contributed by atoms with E-state index in [1.54, 1.807) is 0 Å². The quantitative estimate of drug-likeness (QED) is 0.318. The Morgan fingerprint density at radius 1 is 0.657 bits per heavy atom. The summed E-state index contributed by atoms with van der Waals surface area (Å²) in [5, 5.41) is 10.8. The summed E-state index contributed by atoms with van der Waals surface area (Å²) < 4.78 is 15.1. The number of epoxide rings is 2. The van der Waals surface area contributed by atoms with Gasteiger partial charge in [-0.15, -0.1) is 0 Å².